The van der Waals surface area contributed by atoms with E-state index in [2.05, 4.69) is 17.2 Å². The van der Waals surface area contributed by atoms with Gasteiger partial charge in [0, 0.05) is 5.56 Å². The number of amides is 1. The fourth-order valence-electron chi connectivity index (χ4n) is 1.95. The van der Waals surface area contributed by atoms with Gasteiger partial charge in [0.1, 0.15) is 11.6 Å². The summed E-state index contributed by atoms with van der Waals surface area (Å²) in [6.07, 6.45) is -0.478. The van der Waals surface area contributed by atoms with E-state index in [4.69, 9.17) is 4.74 Å². The maximum Gasteiger partial charge on any atom is 0.408 e. The first-order valence-electron chi connectivity index (χ1n) is 7.55. The highest BCUT2D eigenvalue weighted by atomic mass is 16.6. The number of benzene rings is 2. The van der Waals surface area contributed by atoms with Crippen molar-refractivity contribution in [1.29, 1.82) is 0 Å². The lowest BCUT2D eigenvalue weighted by atomic mass is 10.1. The van der Waals surface area contributed by atoms with Crippen LogP contribution in [0.4, 0.5) is 4.79 Å². The molecule has 0 unspecified atom stereocenters. The first kappa shape index (κ1) is 16.6. The summed E-state index contributed by atoms with van der Waals surface area (Å²) in [5, 5.41) is 2.83. The third kappa shape index (κ3) is 5.88. The van der Waals surface area contributed by atoms with Crippen LogP contribution in [0.2, 0.25) is 0 Å². The Morgan fingerprint density at radius 2 is 1.57 bits per heavy atom. The number of hydrogen-bond acceptors (Lipinski definition) is 2. The van der Waals surface area contributed by atoms with E-state index in [9.17, 15) is 4.79 Å². The first-order chi connectivity index (χ1) is 10.9. The SMILES string of the molecule is CC(C)(C)OC(=O)N[C@@H](C#Cc1ccccc1)c1ccccc1. The van der Waals surface area contributed by atoms with Gasteiger partial charge in [0.25, 0.3) is 0 Å². The molecule has 0 heterocycles. The van der Waals surface area contributed by atoms with Crippen LogP contribution in [-0.4, -0.2) is 11.7 Å². The molecule has 0 fully saturated rings. The van der Waals surface area contributed by atoms with E-state index in [0.29, 0.717) is 0 Å². The van der Waals surface area contributed by atoms with E-state index in [1.54, 1.807) is 0 Å². The normalized spacial score (nSPS) is 11.8. The summed E-state index contributed by atoms with van der Waals surface area (Å²) >= 11 is 0. The van der Waals surface area contributed by atoms with Crippen LogP contribution in [0.15, 0.2) is 60.7 Å². The van der Waals surface area contributed by atoms with Gasteiger partial charge in [-0.2, -0.15) is 0 Å². The molecule has 1 atom stereocenters. The predicted octanol–water partition coefficient (Wildman–Crippen LogP) is 4.30. The van der Waals surface area contributed by atoms with E-state index in [1.165, 1.54) is 0 Å². The second kappa shape index (κ2) is 7.51. The van der Waals surface area contributed by atoms with Crippen molar-refractivity contribution in [2.45, 2.75) is 32.4 Å². The second-order valence-electron chi connectivity index (χ2n) is 6.13. The van der Waals surface area contributed by atoms with Crippen molar-refractivity contribution in [1.82, 2.24) is 5.32 Å². The lowest BCUT2D eigenvalue weighted by molar-refractivity contribution is 0.0516. The van der Waals surface area contributed by atoms with Gasteiger partial charge in [0.2, 0.25) is 0 Å². The molecular formula is C20H21NO2. The zero-order valence-corrected chi connectivity index (χ0v) is 13.7. The van der Waals surface area contributed by atoms with Gasteiger partial charge in [-0.15, -0.1) is 0 Å². The lowest BCUT2D eigenvalue weighted by Gasteiger charge is -2.21. The molecule has 0 spiro atoms. The summed E-state index contributed by atoms with van der Waals surface area (Å²) in [6.45, 7) is 5.50. The summed E-state index contributed by atoms with van der Waals surface area (Å²) in [4.78, 5) is 12.1. The molecule has 2 aromatic rings. The predicted molar refractivity (Wildman–Crippen MR) is 91.9 cm³/mol. The fraction of sp³-hybridized carbons (Fsp3) is 0.250. The summed E-state index contributed by atoms with van der Waals surface area (Å²) in [7, 11) is 0. The maximum atomic E-state index is 12.1. The molecule has 0 aliphatic rings. The maximum absolute atomic E-state index is 12.1. The summed E-state index contributed by atoms with van der Waals surface area (Å²) in [6, 6.07) is 18.9. The van der Waals surface area contributed by atoms with Crippen molar-refractivity contribution in [3.8, 4) is 11.8 Å². The molecule has 2 rings (SSSR count). The van der Waals surface area contributed by atoms with Crippen LogP contribution in [0.1, 0.15) is 37.9 Å². The van der Waals surface area contributed by atoms with E-state index in [1.807, 2.05) is 81.4 Å². The minimum absolute atomic E-state index is 0.425. The number of hydrogen-bond donors (Lipinski definition) is 1. The van der Waals surface area contributed by atoms with Crippen LogP contribution in [0.3, 0.4) is 0 Å². The van der Waals surface area contributed by atoms with Gasteiger partial charge in [-0.05, 0) is 38.5 Å². The minimum atomic E-state index is -0.543. The fourth-order valence-corrected chi connectivity index (χ4v) is 1.95. The van der Waals surface area contributed by atoms with Crippen LogP contribution >= 0.6 is 0 Å². The van der Waals surface area contributed by atoms with Crippen molar-refractivity contribution in [2.24, 2.45) is 0 Å². The van der Waals surface area contributed by atoms with Crippen molar-refractivity contribution in [3.63, 3.8) is 0 Å². The van der Waals surface area contributed by atoms with Crippen LogP contribution in [-0.2, 0) is 4.74 Å². The van der Waals surface area contributed by atoms with Crippen molar-refractivity contribution < 1.29 is 9.53 Å². The van der Waals surface area contributed by atoms with Gasteiger partial charge in [-0.1, -0.05) is 60.4 Å². The molecule has 0 saturated heterocycles. The third-order valence-corrected chi connectivity index (χ3v) is 2.93. The summed E-state index contributed by atoms with van der Waals surface area (Å²) in [5.41, 5.74) is 1.28. The average Bonchev–Trinajstić information content (AvgIpc) is 2.51. The van der Waals surface area contributed by atoms with Gasteiger partial charge >= 0.3 is 6.09 Å². The molecule has 0 aliphatic carbocycles. The van der Waals surface area contributed by atoms with E-state index < -0.39 is 17.7 Å². The Bertz CT molecular complexity index is 691. The smallest absolute Gasteiger partial charge is 0.408 e. The minimum Gasteiger partial charge on any atom is -0.444 e. The molecule has 1 amide bonds. The van der Waals surface area contributed by atoms with Crippen molar-refractivity contribution in [2.75, 3.05) is 0 Å². The topological polar surface area (TPSA) is 38.3 Å². The van der Waals surface area contributed by atoms with E-state index in [-0.39, 0.29) is 0 Å². The first-order valence-corrected chi connectivity index (χ1v) is 7.55. The van der Waals surface area contributed by atoms with Gasteiger partial charge in [0.05, 0.1) is 0 Å². The zero-order chi connectivity index (χ0) is 16.7. The van der Waals surface area contributed by atoms with Crippen molar-refractivity contribution in [3.05, 3.63) is 71.8 Å². The van der Waals surface area contributed by atoms with Crippen LogP contribution in [0.25, 0.3) is 0 Å². The highest BCUT2D eigenvalue weighted by Gasteiger charge is 2.19. The quantitative estimate of drug-likeness (QED) is 0.840. The van der Waals surface area contributed by atoms with Crippen LogP contribution in [0.5, 0.6) is 0 Å². The average molecular weight is 307 g/mol. The standard InChI is InChI=1S/C20H21NO2/c1-20(2,3)23-19(22)21-18(17-12-8-5-9-13-17)15-14-16-10-6-4-7-11-16/h4-13,18H,1-3H3,(H,21,22)/t18-/m0/s1. The Labute approximate surface area is 137 Å². The van der Waals surface area contributed by atoms with Gasteiger partial charge in [-0.3, -0.25) is 0 Å². The molecule has 2 aromatic carbocycles. The Morgan fingerprint density at radius 1 is 1.00 bits per heavy atom. The lowest BCUT2D eigenvalue weighted by Crippen LogP contribution is -2.34. The molecule has 0 aromatic heterocycles. The molecule has 1 N–H and O–H groups in total. The largest absolute Gasteiger partial charge is 0.444 e. The molecule has 0 bridgehead atoms. The molecule has 0 aliphatic heterocycles. The number of alkyl carbamates (subject to hydrolysis) is 1. The molecule has 118 valence electrons. The van der Waals surface area contributed by atoms with Crippen molar-refractivity contribution >= 4 is 6.09 Å². The Hall–Kier alpha value is -2.73. The Balaban J connectivity index is 2.20. The molecule has 0 radical (unpaired) electrons. The molecule has 3 heteroatoms. The zero-order valence-electron chi connectivity index (χ0n) is 13.7. The van der Waals surface area contributed by atoms with Crippen LogP contribution < -0.4 is 5.32 Å². The monoisotopic (exact) mass is 307 g/mol. The molecule has 3 nitrogen and oxygen atoms in total. The van der Waals surface area contributed by atoms with Gasteiger partial charge in [0.15, 0.2) is 0 Å². The summed E-state index contributed by atoms with van der Waals surface area (Å²) < 4.78 is 5.32. The Morgan fingerprint density at radius 3 is 2.13 bits per heavy atom. The van der Waals surface area contributed by atoms with E-state index >= 15 is 0 Å². The second-order valence-corrected chi connectivity index (χ2v) is 6.13. The number of carbonyl (C=O) groups is 1. The van der Waals surface area contributed by atoms with Crippen LogP contribution in [0, 0.1) is 11.8 Å². The highest BCUT2D eigenvalue weighted by molar-refractivity contribution is 5.69. The van der Waals surface area contributed by atoms with Gasteiger partial charge in [-0.25, -0.2) is 4.79 Å². The molecule has 23 heavy (non-hydrogen) atoms. The summed E-state index contributed by atoms with van der Waals surface area (Å²) in [5.74, 6) is 6.20. The third-order valence-electron chi connectivity index (χ3n) is 2.93. The highest BCUT2D eigenvalue weighted by Crippen LogP contribution is 2.14. The molecular weight excluding hydrogens is 286 g/mol. The number of nitrogens with one attached hydrogen (secondary N) is 1. The van der Waals surface area contributed by atoms with Gasteiger partial charge < -0.3 is 10.1 Å². The van der Waals surface area contributed by atoms with E-state index in [0.717, 1.165) is 11.1 Å². The number of ether oxygens (including phenoxy) is 1. The number of rotatable bonds is 2. The Kier molecular flexibility index (Phi) is 5.43. The molecule has 0 saturated carbocycles. The number of carbonyl (C=O) groups excluding carboxylic acids is 1.